The second-order valence-corrected chi connectivity index (χ2v) is 2.98. The zero-order chi connectivity index (χ0) is 10.5. The maximum atomic E-state index is 12.2. The molecule has 0 aromatic heterocycles. The summed E-state index contributed by atoms with van der Waals surface area (Å²) in [7, 11) is 0. The number of nitrogens with one attached hydrogen (secondary N) is 1. The van der Waals surface area contributed by atoms with E-state index in [1.165, 1.54) is 0 Å². The highest BCUT2D eigenvalue weighted by molar-refractivity contribution is 4.72. The van der Waals surface area contributed by atoms with E-state index < -0.39 is 18.9 Å². The van der Waals surface area contributed by atoms with E-state index >= 15 is 0 Å². The minimum atomic E-state index is -3.99. The van der Waals surface area contributed by atoms with Crippen LogP contribution in [0, 0.1) is 5.92 Å². The summed E-state index contributed by atoms with van der Waals surface area (Å²) in [6, 6.07) is 0. The summed E-state index contributed by atoms with van der Waals surface area (Å²) in [5.74, 6) is -4.21. The van der Waals surface area contributed by atoms with Gasteiger partial charge in [0.1, 0.15) is 0 Å². The van der Waals surface area contributed by atoms with Crippen molar-refractivity contribution in [3.05, 3.63) is 0 Å². The van der Waals surface area contributed by atoms with Crippen molar-refractivity contribution in [2.24, 2.45) is 5.92 Å². The van der Waals surface area contributed by atoms with E-state index in [-0.39, 0.29) is 19.1 Å². The van der Waals surface area contributed by atoms with Gasteiger partial charge in [-0.2, -0.15) is 8.78 Å². The first-order valence-corrected chi connectivity index (χ1v) is 3.87. The van der Waals surface area contributed by atoms with Crippen molar-refractivity contribution in [2.45, 2.75) is 19.3 Å². The fourth-order valence-corrected chi connectivity index (χ4v) is 0.627. The molecule has 1 unspecified atom stereocenters. The molecule has 2 N–H and O–H groups in total. The molecule has 0 saturated carbocycles. The Morgan fingerprint density at radius 3 is 2.31 bits per heavy atom. The summed E-state index contributed by atoms with van der Waals surface area (Å²) in [6.07, 6.45) is -3.65. The summed E-state index contributed by atoms with van der Waals surface area (Å²) in [5, 5.41) is 10.7. The number of rotatable bonds is 6. The van der Waals surface area contributed by atoms with Crippen molar-refractivity contribution < 1.29 is 22.7 Å². The summed E-state index contributed by atoms with van der Waals surface area (Å²) >= 11 is 0. The first kappa shape index (κ1) is 12.6. The van der Waals surface area contributed by atoms with Crippen molar-refractivity contribution in [1.29, 1.82) is 0 Å². The van der Waals surface area contributed by atoms with Crippen LogP contribution in [0.3, 0.4) is 0 Å². The van der Waals surface area contributed by atoms with E-state index in [4.69, 9.17) is 5.11 Å². The first-order valence-electron chi connectivity index (χ1n) is 3.87. The largest absolute Gasteiger partial charge is 0.396 e. The quantitative estimate of drug-likeness (QED) is 0.634. The van der Waals surface area contributed by atoms with Crippen LogP contribution in [0.5, 0.6) is 0 Å². The molecule has 0 bridgehead atoms. The molecule has 0 aliphatic heterocycles. The third kappa shape index (κ3) is 5.05. The van der Waals surface area contributed by atoms with Crippen molar-refractivity contribution in [3.63, 3.8) is 0 Å². The van der Waals surface area contributed by atoms with Crippen LogP contribution in [-0.2, 0) is 0 Å². The number of aliphatic hydroxyl groups is 1. The fourth-order valence-electron chi connectivity index (χ4n) is 0.627. The molecule has 0 aromatic rings. The normalized spacial score (nSPS) is 15.0. The van der Waals surface area contributed by atoms with Crippen LogP contribution in [0.4, 0.5) is 17.6 Å². The van der Waals surface area contributed by atoms with Gasteiger partial charge in [0.15, 0.2) is 0 Å². The van der Waals surface area contributed by atoms with Gasteiger partial charge >= 0.3 is 12.3 Å². The highest BCUT2D eigenvalue weighted by atomic mass is 19.3. The molecule has 0 rings (SSSR count). The van der Waals surface area contributed by atoms with Crippen LogP contribution in [-0.4, -0.2) is 37.2 Å². The molecule has 0 heterocycles. The summed E-state index contributed by atoms with van der Waals surface area (Å²) < 4.78 is 47.6. The van der Waals surface area contributed by atoms with E-state index in [9.17, 15) is 17.6 Å². The Balaban J connectivity index is 3.63. The van der Waals surface area contributed by atoms with Gasteiger partial charge in [0.25, 0.3) is 0 Å². The Hall–Kier alpha value is -0.360. The van der Waals surface area contributed by atoms with Crippen molar-refractivity contribution in [1.82, 2.24) is 5.32 Å². The molecule has 0 amide bonds. The van der Waals surface area contributed by atoms with Crippen LogP contribution in [0.2, 0.25) is 0 Å². The molecule has 0 aromatic carbocycles. The Labute approximate surface area is 73.9 Å². The molecule has 0 radical (unpaired) electrons. The molecule has 80 valence electrons. The highest BCUT2D eigenvalue weighted by Crippen LogP contribution is 2.21. The fraction of sp³-hybridized carbons (Fsp3) is 1.00. The van der Waals surface area contributed by atoms with Crippen LogP contribution >= 0.6 is 0 Å². The Kier molecular flexibility index (Phi) is 5.24. The maximum Gasteiger partial charge on any atom is 0.319 e. The number of alkyl halides is 4. The minimum absolute atomic E-state index is 0.0960. The van der Waals surface area contributed by atoms with Crippen LogP contribution in [0.15, 0.2) is 0 Å². The Morgan fingerprint density at radius 1 is 1.38 bits per heavy atom. The van der Waals surface area contributed by atoms with Gasteiger partial charge in [-0.05, 0) is 5.92 Å². The molecule has 0 aliphatic rings. The second-order valence-electron chi connectivity index (χ2n) is 2.98. The predicted octanol–water partition coefficient (Wildman–Crippen LogP) is 1.10. The molecule has 0 aliphatic carbocycles. The topological polar surface area (TPSA) is 32.3 Å². The van der Waals surface area contributed by atoms with Gasteiger partial charge in [-0.25, -0.2) is 8.78 Å². The van der Waals surface area contributed by atoms with Crippen LogP contribution < -0.4 is 5.32 Å². The van der Waals surface area contributed by atoms with Gasteiger partial charge in [-0.15, -0.1) is 0 Å². The lowest BCUT2D eigenvalue weighted by atomic mass is 10.2. The lowest BCUT2D eigenvalue weighted by molar-refractivity contribution is -0.125. The van der Waals surface area contributed by atoms with Gasteiger partial charge < -0.3 is 10.4 Å². The third-order valence-electron chi connectivity index (χ3n) is 1.48. The van der Waals surface area contributed by atoms with Gasteiger partial charge in [-0.1, -0.05) is 6.92 Å². The van der Waals surface area contributed by atoms with Gasteiger partial charge in [0.2, 0.25) is 0 Å². The maximum absolute atomic E-state index is 12.2. The highest BCUT2D eigenvalue weighted by Gasteiger charge is 2.39. The first-order chi connectivity index (χ1) is 5.90. The van der Waals surface area contributed by atoms with Crippen molar-refractivity contribution in [3.8, 4) is 0 Å². The average molecular weight is 203 g/mol. The molecule has 2 nitrogen and oxygen atoms in total. The second kappa shape index (κ2) is 5.39. The van der Waals surface area contributed by atoms with Crippen molar-refractivity contribution in [2.75, 3.05) is 19.7 Å². The van der Waals surface area contributed by atoms with E-state index in [0.29, 0.717) is 0 Å². The Bertz CT molecular complexity index is 142. The molecule has 0 saturated heterocycles. The lowest BCUT2D eigenvalue weighted by Gasteiger charge is -2.17. The number of hydrogen-bond donors (Lipinski definition) is 2. The minimum Gasteiger partial charge on any atom is -0.396 e. The summed E-state index contributed by atoms with van der Waals surface area (Å²) in [4.78, 5) is 0. The van der Waals surface area contributed by atoms with Gasteiger partial charge in [-0.3, -0.25) is 0 Å². The molecule has 6 heteroatoms. The molecule has 0 fully saturated rings. The SMILES string of the molecule is CC(CO)CNCC(F)(F)C(F)F. The number of halogens is 4. The van der Waals surface area contributed by atoms with Gasteiger partial charge in [0, 0.05) is 13.2 Å². The molecule has 13 heavy (non-hydrogen) atoms. The summed E-state index contributed by atoms with van der Waals surface area (Å²) in [6.45, 7) is 0.495. The molecule has 0 spiro atoms. The predicted molar refractivity (Wildman–Crippen MR) is 40.1 cm³/mol. The zero-order valence-electron chi connectivity index (χ0n) is 7.24. The van der Waals surface area contributed by atoms with E-state index in [2.05, 4.69) is 5.32 Å². The van der Waals surface area contributed by atoms with Gasteiger partial charge in [0.05, 0.1) is 6.54 Å². The van der Waals surface area contributed by atoms with E-state index in [1.807, 2.05) is 0 Å². The number of aliphatic hydroxyl groups excluding tert-OH is 1. The molecular formula is C7H13F4NO. The van der Waals surface area contributed by atoms with Crippen molar-refractivity contribution >= 4 is 0 Å². The van der Waals surface area contributed by atoms with Crippen LogP contribution in [0.25, 0.3) is 0 Å². The standard InChI is InChI=1S/C7H13F4NO/c1-5(3-13)2-12-4-7(10,11)6(8)9/h5-6,12-13H,2-4H2,1H3. The van der Waals surface area contributed by atoms with E-state index in [1.54, 1.807) is 6.92 Å². The Morgan fingerprint density at radius 2 is 1.92 bits per heavy atom. The average Bonchev–Trinajstić information content (AvgIpc) is 2.03. The van der Waals surface area contributed by atoms with Crippen LogP contribution in [0.1, 0.15) is 6.92 Å². The summed E-state index contributed by atoms with van der Waals surface area (Å²) in [5.41, 5.74) is 0. The number of hydrogen-bond acceptors (Lipinski definition) is 2. The van der Waals surface area contributed by atoms with E-state index in [0.717, 1.165) is 0 Å². The molecular weight excluding hydrogens is 190 g/mol. The monoisotopic (exact) mass is 203 g/mol. The molecule has 1 atom stereocenters. The third-order valence-corrected chi connectivity index (χ3v) is 1.48. The zero-order valence-corrected chi connectivity index (χ0v) is 7.24. The lowest BCUT2D eigenvalue weighted by Crippen LogP contribution is -2.40. The smallest absolute Gasteiger partial charge is 0.319 e.